The first-order valence-electron chi connectivity index (χ1n) is 14.0. The maximum absolute atomic E-state index is 14.6. The molecule has 3 aliphatic heterocycles. The van der Waals surface area contributed by atoms with Gasteiger partial charge in [-0.1, -0.05) is 19.3 Å². The number of piperidine rings is 2. The van der Waals surface area contributed by atoms with Gasteiger partial charge >= 0.3 is 0 Å². The Bertz CT molecular complexity index is 649. The lowest BCUT2D eigenvalue weighted by atomic mass is 9.65. The molecule has 4 aliphatic rings. The molecule has 1 amide bonds. The second-order valence-electron chi connectivity index (χ2n) is 11.9. The molecular weight excluding hydrogens is 431 g/mol. The lowest BCUT2D eigenvalue weighted by molar-refractivity contribution is -0.128. The Morgan fingerprint density at radius 1 is 1.06 bits per heavy atom. The Morgan fingerprint density at radius 3 is 2.50 bits per heavy atom. The van der Waals surface area contributed by atoms with Gasteiger partial charge in [0.25, 0.3) is 0 Å². The molecule has 3 heterocycles. The molecular formula is C26H49FN6O. The number of likely N-dealkylation sites (tertiary alicyclic amines) is 1. The lowest BCUT2D eigenvalue weighted by Gasteiger charge is -2.45. The third kappa shape index (κ3) is 6.49. The Morgan fingerprint density at radius 2 is 1.79 bits per heavy atom. The van der Waals surface area contributed by atoms with Crippen molar-refractivity contribution in [2.45, 2.75) is 95.1 Å². The fourth-order valence-electron chi connectivity index (χ4n) is 7.46. The van der Waals surface area contributed by atoms with E-state index in [0.717, 1.165) is 58.3 Å². The first-order chi connectivity index (χ1) is 16.4. The summed E-state index contributed by atoms with van der Waals surface area (Å²) < 4.78 is 14.6. The van der Waals surface area contributed by atoms with Crippen LogP contribution in [0.5, 0.6) is 0 Å². The maximum Gasteiger partial charge on any atom is 0.227 e. The second kappa shape index (κ2) is 12.0. The van der Waals surface area contributed by atoms with Crippen LogP contribution in [0.25, 0.3) is 0 Å². The molecule has 0 bridgehead atoms. The molecule has 5 unspecified atom stereocenters. The summed E-state index contributed by atoms with van der Waals surface area (Å²) in [6.45, 7) is 4.34. The van der Waals surface area contributed by atoms with Crippen LogP contribution in [0.15, 0.2) is 0 Å². The number of nitrogens with two attached hydrogens (primary N) is 2. The Kier molecular flexibility index (Phi) is 9.24. The van der Waals surface area contributed by atoms with E-state index in [-0.39, 0.29) is 30.0 Å². The van der Waals surface area contributed by atoms with Crippen molar-refractivity contribution in [2.24, 2.45) is 34.6 Å². The molecule has 4 rings (SSSR count). The highest BCUT2D eigenvalue weighted by Crippen LogP contribution is 2.46. The smallest absolute Gasteiger partial charge is 0.227 e. The van der Waals surface area contributed by atoms with Crippen LogP contribution in [0.3, 0.4) is 0 Å². The summed E-state index contributed by atoms with van der Waals surface area (Å²) >= 11 is 0. The fraction of sp³-hybridized carbons (Fsp3) is 0.962. The largest absolute Gasteiger partial charge is 0.351 e. The number of hydrogen-bond acceptors (Lipinski definition) is 6. The summed E-state index contributed by atoms with van der Waals surface area (Å²) in [5.74, 6) is 0.523. The number of carbonyl (C=O) groups excluding carboxylic acids is 1. The minimum absolute atomic E-state index is 0.0546. The van der Waals surface area contributed by atoms with Crippen LogP contribution < -0.4 is 27.4 Å². The summed E-state index contributed by atoms with van der Waals surface area (Å²) in [6.07, 6.45) is 10.1. The normalized spacial score (nSPS) is 35.0. The van der Waals surface area contributed by atoms with Gasteiger partial charge in [-0.15, -0.1) is 0 Å². The van der Waals surface area contributed by atoms with Gasteiger partial charge in [0.05, 0.1) is 12.1 Å². The number of rotatable bonds is 5. The van der Waals surface area contributed by atoms with Gasteiger partial charge in [-0.3, -0.25) is 4.79 Å². The van der Waals surface area contributed by atoms with Crippen molar-refractivity contribution in [2.75, 3.05) is 39.8 Å². The third-order valence-electron chi connectivity index (χ3n) is 9.54. The molecule has 0 aromatic rings. The number of hydrogen-bond donors (Lipinski definition) is 5. The molecule has 196 valence electrons. The molecule has 1 aliphatic carbocycles. The van der Waals surface area contributed by atoms with Crippen molar-refractivity contribution in [1.29, 1.82) is 0 Å². The average Bonchev–Trinajstić information content (AvgIpc) is 2.82. The van der Waals surface area contributed by atoms with Gasteiger partial charge in [-0.05, 0) is 95.3 Å². The van der Waals surface area contributed by atoms with Gasteiger partial charge in [-0.2, -0.15) is 0 Å². The number of alkyl halides is 1. The maximum atomic E-state index is 14.6. The van der Waals surface area contributed by atoms with E-state index in [4.69, 9.17) is 11.5 Å². The monoisotopic (exact) mass is 480 g/mol. The van der Waals surface area contributed by atoms with E-state index in [9.17, 15) is 9.18 Å². The number of nitrogens with one attached hydrogen (secondary N) is 3. The summed E-state index contributed by atoms with van der Waals surface area (Å²) in [5, 5.41) is 10.3. The number of carbonyl (C=O) groups is 1. The Hall–Kier alpha value is -0.800. The van der Waals surface area contributed by atoms with E-state index in [1.807, 2.05) is 0 Å². The summed E-state index contributed by atoms with van der Waals surface area (Å²) in [7, 11) is 2.19. The Balaban J connectivity index is 1.47. The molecule has 7 N–H and O–H groups in total. The predicted molar refractivity (Wildman–Crippen MR) is 135 cm³/mol. The van der Waals surface area contributed by atoms with E-state index in [0.29, 0.717) is 18.3 Å². The van der Waals surface area contributed by atoms with Crippen LogP contribution in [0.4, 0.5) is 4.39 Å². The fourth-order valence-corrected chi connectivity index (χ4v) is 7.46. The molecule has 5 atom stereocenters. The van der Waals surface area contributed by atoms with Crippen LogP contribution in [0.1, 0.15) is 70.6 Å². The standard InChI is InChI=1S/C26H49FN6O/c1-33-13-7-18(8-14-33)20-6-12-30-17-22(20)32-25(34)23(24(28)29)21-15-26(9-3-2-4-10-26)11-5-19(27)16-31-21/h18-24,30-31H,2-17,28-29H2,1H3,(H,32,34). The van der Waals surface area contributed by atoms with Gasteiger partial charge in [0, 0.05) is 25.2 Å². The molecule has 0 aromatic carbocycles. The quantitative estimate of drug-likeness (QED) is 0.384. The molecule has 0 aromatic heterocycles. The molecule has 1 saturated carbocycles. The van der Waals surface area contributed by atoms with Crippen molar-refractivity contribution >= 4 is 5.91 Å². The highest BCUT2D eigenvalue weighted by molar-refractivity contribution is 5.80. The lowest BCUT2D eigenvalue weighted by Crippen LogP contribution is -2.62. The number of halogens is 1. The highest BCUT2D eigenvalue weighted by Gasteiger charge is 2.43. The van der Waals surface area contributed by atoms with Crippen molar-refractivity contribution in [3.05, 3.63) is 0 Å². The molecule has 1 spiro atoms. The molecule has 8 heteroatoms. The zero-order valence-corrected chi connectivity index (χ0v) is 21.2. The predicted octanol–water partition coefficient (Wildman–Crippen LogP) is 1.71. The van der Waals surface area contributed by atoms with E-state index >= 15 is 0 Å². The summed E-state index contributed by atoms with van der Waals surface area (Å²) in [4.78, 5) is 16.1. The van der Waals surface area contributed by atoms with Crippen molar-refractivity contribution in [3.63, 3.8) is 0 Å². The number of amides is 1. The minimum atomic E-state index is -0.879. The van der Waals surface area contributed by atoms with Crippen LogP contribution in [-0.2, 0) is 4.79 Å². The van der Waals surface area contributed by atoms with Gasteiger partial charge in [0.1, 0.15) is 6.17 Å². The molecule has 3 saturated heterocycles. The first kappa shape index (κ1) is 26.3. The molecule has 7 nitrogen and oxygen atoms in total. The molecule has 4 fully saturated rings. The van der Waals surface area contributed by atoms with Gasteiger partial charge in [0.2, 0.25) is 5.91 Å². The molecule has 34 heavy (non-hydrogen) atoms. The molecule has 0 radical (unpaired) electrons. The first-order valence-corrected chi connectivity index (χ1v) is 14.0. The van der Waals surface area contributed by atoms with Crippen molar-refractivity contribution < 1.29 is 9.18 Å². The van der Waals surface area contributed by atoms with E-state index in [1.54, 1.807) is 0 Å². The zero-order chi connectivity index (χ0) is 24.1. The number of nitrogens with zero attached hydrogens (tertiary/aromatic N) is 1. The zero-order valence-electron chi connectivity index (χ0n) is 21.2. The van der Waals surface area contributed by atoms with Crippen LogP contribution in [0, 0.1) is 23.2 Å². The topological polar surface area (TPSA) is 108 Å². The van der Waals surface area contributed by atoms with Gasteiger partial charge < -0.3 is 32.3 Å². The van der Waals surface area contributed by atoms with Crippen LogP contribution in [0.2, 0.25) is 0 Å². The Labute approximate surface area is 205 Å². The summed E-state index contributed by atoms with van der Waals surface area (Å²) in [5.41, 5.74) is 12.7. The van der Waals surface area contributed by atoms with Gasteiger partial charge in [-0.25, -0.2) is 4.39 Å². The minimum Gasteiger partial charge on any atom is -0.351 e. The van der Waals surface area contributed by atoms with E-state index in [2.05, 4.69) is 27.9 Å². The van der Waals surface area contributed by atoms with E-state index in [1.165, 1.54) is 32.1 Å². The van der Waals surface area contributed by atoms with Gasteiger partial charge in [0.15, 0.2) is 0 Å². The SMILES string of the molecule is CN1CCC(C2CCNCC2NC(=O)C(C(N)N)C2CC3(CCCCC3)CCC(F)CN2)CC1. The highest BCUT2D eigenvalue weighted by atomic mass is 19.1. The van der Waals surface area contributed by atoms with Crippen molar-refractivity contribution in [1.82, 2.24) is 20.9 Å². The van der Waals surface area contributed by atoms with Crippen LogP contribution in [-0.4, -0.2) is 75.0 Å². The van der Waals surface area contributed by atoms with E-state index < -0.39 is 18.3 Å². The van der Waals surface area contributed by atoms with Crippen molar-refractivity contribution in [3.8, 4) is 0 Å². The average molecular weight is 481 g/mol. The second-order valence-corrected chi connectivity index (χ2v) is 11.9. The van der Waals surface area contributed by atoms with Crippen LogP contribution >= 0.6 is 0 Å². The third-order valence-corrected chi connectivity index (χ3v) is 9.54. The summed E-state index contributed by atoms with van der Waals surface area (Å²) in [6, 6.07) is -0.0861.